The molecule has 132 valence electrons. The number of aromatic nitrogens is 5. The van der Waals surface area contributed by atoms with E-state index >= 15 is 0 Å². The Hall–Kier alpha value is -2.51. The van der Waals surface area contributed by atoms with E-state index in [2.05, 4.69) is 25.0 Å². The number of hydrogen-bond acceptors (Lipinski definition) is 6. The third-order valence-electron chi connectivity index (χ3n) is 5.12. The van der Waals surface area contributed by atoms with E-state index in [0.29, 0.717) is 6.54 Å². The Balaban J connectivity index is 1.41. The normalized spacial score (nSPS) is 24.3. The van der Waals surface area contributed by atoms with Crippen molar-refractivity contribution in [2.75, 3.05) is 31.1 Å². The molecule has 0 saturated carbocycles. The average Bonchev–Trinajstić information content (AvgIpc) is 3.23. The monoisotopic (exact) mass is 341 g/mol. The molecule has 25 heavy (non-hydrogen) atoms. The van der Waals surface area contributed by atoms with Crippen molar-refractivity contribution >= 4 is 11.9 Å². The van der Waals surface area contributed by atoms with E-state index in [1.54, 1.807) is 25.0 Å². The molecule has 2 aliphatic heterocycles. The lowest BCUT2D eigenvalue weighted by molar-refractivity contribution is -0.137. The summed E-state index contributed by atoms with van der Waals surface area (Å²) in [4.78, 5) is 29.9. The Labute approximate surface area is 146 Å². The van der Waals surface area contributed by atoms with Crippen LogP contribution in [0.25, 0.3) is 0 Å². The van der Waals surface area contributed by atoms with Crippen LogP contribution in [-0.2, 0) is 4.79 Å². The first-order valence-corrected chi connectivity index (χ1v) is 8.96. The number of carbonyl (C=O) groups is 1. The van der Waals surface area contributed by atoms with Crippen molar-refractivity contribution in [3.05, 3.63) is 31.1 Å². The van der Waals surface area contributed by atoms with E-state index < -0.39 is 0 Å². The van der Waals surface area contributed by atoms with Crippen LogP contribution < -0.4 is 4.90 Å². The second-order valence-electron chi connectivity index (χ2n) is 6.79. The Kier molecular flexibility index (Phi) is 4.58. The van der Waals surface area contributed by atoms with E-state index in [-0.39, 0.29) is 17.9 Å². The summed E-state index contributed by atoms with van der Waals surface area (Å²) in [6.45, 7) is 3.17. The summed E-state index contributed by atoms with van der Waals surface area (Å²) in [5.74, 6) is 0.997. The number of carbonyl (C=O) groups excluding carboxylic acids is 1. The molecule has 0 aromatic carbocycles. The molecular weight excluding hydrogens is 318 g/mol. The Morgan fingerprint density at radius 3 is 2.72 bits per heavy atom. The molecule has 0 unspecified atom stereocenters. The third kappa shape index (κ3) is 3.47. The molecule has 0 N–H and O–H groups in total. The number of anilines is 1. The lowest BCUT2D eigenvalue weighted by atomic mass is 9.95. The minimum Gasteiger partial charge on any atom is -0.340 e. The summed E-state index contributed by atoms with van der Waals surface area (Å²) in [6.07, 6.45) is 10.8. The molecule has 2 atom stereocenters. The summed E-state index contributed by atoms with van der Waals surface area (Å²) in [6, 6.07) is 2.05. The quantitative estimate of drug-likeness (QED) is 0.833. The van der Waals surface area contributed by atoms with Crippen LogP contribution in [0.2, 0.25) is 0 Å². The van der Waals surface area contributed by atoms with Gasteiger partial charge in [0, 0.05) is 38.6 Å². The molecule has 2 aromatic heterocycles. The van der Waals surface area contributed by atoms with Crippen molar-refractivity contribution in [3.8, 4) is 0 Å². The van der Waals surface area contributed by atoms with Crippen LogP contribution in [0, 0.1) is 5.92 Å². The fourth-order valence-corrected chi connectivity index (χ4v) is 3.85. The number of hydrogen-bond donors (Lipinski definition) is 0. The van der Waals surface area contributed by atoms with Gasteiger partial charge in [-0.3, -0.25) is 4.79 Å². The van der Waals surface area contributed by atoms with Crippen LogP contribution in [0.5, 0.6) is 0 Å². The van der Waals surface area contributed by atoms with Gasteiger partial charge in [-0.15, -0.1) is 0 Å². The summed E-state index contributed by atoms with van der Waals surface area (Å²) in [5, 5.41) is 4.24. The van der Waals surface area contributed by atoms with Gasteiger partial charge < -0.3 is 9.80 Å². The first kappa shape index (κ1) is 16.0. The summed E-state index contributed by atoms with van der Waals surface area (Å²) in [7, 11) is 0. The van der Waals surface area contributed by atoms with Crippen molar-refractivity contribution in [1.82, 2.24) is 29.6 Å². The molecule has 1 amide bonds. The molecular formula is C17H23N7O. The van der Waals surface area contributed by atoms with E-state index in [1.807, 2.05) is 15.6 Å². The highest BCUT2D eigenvalue weighted by atomic mass is 16.2. The average molecular weight is 341 g/mol. The van der Waals surface area contributed by atoms with Crippen LogP contribution in [0.3, 0.4) is 0 Å². The van der Waals surface area contributed by atoms with Gasteiger partial charge in [0.25, 0.3) is 0 Å². The number of amides is 1. The van der Waals surface area contributed by atoms with Gasteiger partial charge >= 0.3 is 0 Å². The predicted molar refractivity (Wildman–Crippen MR) is 91.8 cm³/mol. The highest BCUT2D eigenvalue weighted by molar-refractivity contribution is 5.79. The molecule has 0 radical (unpaired) electrons. The maximum Gasteiger partial charge on any atom is 0.227 e. The van der Waals surface area contributed by atoms with Crippen LogP contribution >= 0.6 is 0 Å². The minimum absolute atomic E-state index is 0.0204. The van der Waals surface area contributed by atoms with Crippen molar-refractivity contribution in [1.29, 1.82) is 0 Å². The fraction of sp³-hybridized carbons (Fsp3) is 0.588. The van der Waals surface area contributed by atoms with Crippen LogP contribution in [0.1, 0.15) is 31.7 Å². The molecule has 8 heteroatoms. The topological polar surface area (TPSA) is 80.0 Å². The molecule has 4 heterocycles. The molecule has 2 saturated heterocycles. The first-order chi connectivity index (χ1) is 12.3. The van der Waals surface area contributed by atoms with Gasteiger partial charge in [0.05, 0.1) is 12.0 Å². The number of likely N-dealkylation sites (tertiary alicyclic amines) is 1. The van der Waals surface area contributed by atoms with Gasteiger partial charge in [-0.05, 0) is 31.7 Å². The fourth-order valence-electron chi connectivity index (χ4n) is 3.85. The Morgan fingerprint density at radius 2 is 1.92 bits per heavy atom. The SMILES string of the molecule is O=C([C@@H]1CCCN(c2ncccn2)C1)N1CCC[C@@H](n2cncn2)C1. The van der Waals surface area contributed by atoms with E-state index in [1.165, 1.54) is 0 Å². The zero-order valence-electron chi connectivity index (χ0n) is 14.2. The van der Waals surface area contributed by atoms with Gasteiger partial charge in [0.15, 0.2) is 0 Å². The van der Waals surface area contributed by atoms with Crippen LogP contribution in [0.4, 0.5) is 5.95 Å². The predicted octanol–water partition coefficient (Wildman–Crippen LogP) is 1.15. The van der Waals surface area contributed by atoms with E-state index in [0.717, 1.165) is 51.3 Å². The van der Waals surface area contributed by atoms with Crippen molar-refractivity contribution < 1.29 is 4.79 Å². The van der Waals surface area contributed by atoms with E-state index in [4.69, 9.17) is 0 Å². The van der Waals surface area contributed by atoms with Crippen LogP contribution in [0.15, 0.2) is 31.1 Å². The van der Waals surface area contributed by atoms with Gasteiger partial charge in [-0.1, -0.05) is 0 Å². The highest BCUT2D eigenvalue weighted by Crippen LogP contribution is 2.26. The first-order valence-electron chi connectivity index (χ1n) is 8.96. The molecule has 2 aliphatic rings. The van der Waals surface area contributed by atoms with Crippen LogP contribution in [-0.4, -0.2) is 61.7 Å². The van der Waals surface area contributed by atoms with Gasteiger partial charge in [0.2, 0.25) is 11.9 Å². The molecule has 2 fully saturated rings. The van der Waals surface area contributed by atoms with Crippen molar-refractivity contribution in [2.24, 2.45) is 5.92 Å². The number of rotatable bonds is 3. The van der Waals surface area contributed by atoms with Gasteiger partial charge in [-0.2, -0.15) is 5.10 Å². The molecule has 8 nitrogen and oxygen atoms in total. The smallest absolute Gasteiger partial charge is 0.227 e. The number of piperidine rings is 2. The molecule has 4 rings (SSSR count). The van der Waals surface area contributed by atoms with Gasteiger partial charge in [-0.25, -0.2) is 19.6 Å². The van der Waals surface area contributed by atoms with Crippen molar-refractivity contribution in [2.45, 2.75) is 31.7 Å². The highest BCUT2D eigenvalue weighted by Gasteiger charge is 2.33. The molecule has 2 aromatic rings. The third-order valence-corrected chi connectivity index (χ3v) is 5.12. The summed E-state index contributed by atoms with van der Waals surface area (Å²) in [5.41, 5.74) is 0. The molecule has 0 aliphatic carbocycles. The Morgan fingerprint density at radius 1 is 1.08 bits per heavy atom. The second-order valence-corrected chi connectivity index (χ2v) is 6.79. The van der Waals surface area contributed by atoms with Crippen molar-refractivity contribution in [3.63, 3.8) is 0 Å². The Bertz CT molecular complexity index is 690. The maximum absolute atomic E-state index is 13.1. The zero-order valence-corrected chi connectivity index (χ0v) is 14.2. The van der Waals surface area contributed by atoms with Gasteiger partial charge in [0.1, 0.15) is 12.7 Å². The lowest BCUT2D eigenvalue weighted by Crippen LogP contribution is -2.48. The largest absolute Gasteiger partial charge is 0.340 e. The lowest BCUT2D eigenvalue weighted by Gasteiger charge is -2.38. The standard InChI is InChI=1S/C17H23N7O/c25-16(22-8-2-5-15(11-22)24-13-18-12-21-24)14-4-1-9-23(10-14)17-19-6-3-7-20-17/h3,6-7,12-15H,1-2,4-5,8-11H2/t14-,15-/m1/s1. The minimum atomic E-state index is 0.0204. The summed E-state index contributed by atoms with van der Waals surface area (Å²) < 4.78 is 1.88. The molecule has 0 spiro atoms. The number of nitrogens with zero attached hydrogens (tertiary/aromatic N) is 7. The van der Waals surface area contributed by atoms with E-state index in [9.17, 15) is 4.79 Å². The summed E-state index contributed by atoms with van der Waals surface area (Å²) >= 11 is 0. The molecule has 0 bridgehead atoms. The second kappa shape index (κ2) is 7.16. The maximum atomic E-state index is 13.1. The zero-order chi connectivity index (χ0) is 17.1.